The summed E-state index contributed by atoms with van der Waals surface area (Å²) in [4.78, 5) is 3.62. The molecule has 2 fully saturated rings. The van der Waals surface area contributed by atoms with Gasteiger partial charge in [0.2, 0.25) is 0 Å². The molecular weight excluding hydrogens is 429 g/mol. The first-order chi connectivity index (χ1) is 14.9. The number of fused-ring (bicyclic) bond motifs is 2. The SMILES string of the molecule is C=C1c2cc(F)c(N3CCNCC3)c(OC(F)F)c2N(C2CC2)c2sc(C#N)c(O)c21. The highest BCUT2D eigenvalue weighted by atomic mass is 32.1. The van der Waals surface area contributed by atoms with Gasteiger partial charge in [0.25, 0.3) is 0 Å². The lowest BCUT2D eigenvalue weighted by Gasteiger charge is -2.37. The lowest BCUT2D eigenvalue weighted by Crippen LogP contribution is -2.44. The average molecular weight is 448 g/mol. The number of piperazine rings is 1. The van der Waals surface area contributed by atoms with E-state index >= 15 is 4.39 Å². The van der Waals surface area contributed by atoms with Gasteiger partial charge >= 0.3 is 6.61 Å². The summed E-state index contributed by atoms with van der Waals surface area (Å²) >= 11 is 1.07. The summed E-state index contributed by atoms with van der Waals surface area (Å²) in [5.74, 6) is -1.13. The van der Waals surface area contributed by atoms with Crippen LogP contribution in [-0.4, -0.2) is 43.9 Å². The topological polar surface area (TPSA) is 71.8 Å². The molecule has 0 unspecified atom stereocenters. The van der Waals surface area contributed by atoms with Crippen molar-refractivity contribution in [3.05, 3.63) is 34.5 Å². The van der Waals surface area contributed by atoms with Gasteiger partial charge in [-0.05, 0) is 24.5 Å². The molecule has 162 valence electrons. The molecule has 1 aliphatic carbocycles. The minimum Gasteiger partial charge on any atom is -0.505 e. The van der Waals surface area contributed by atoms with E-state index < -0.39 is 12.4 Å². The summed E-state index contributed by atoms with van der Waals surface area (Å²) in [5.41, 5.74) is 1.23. The maximum absolute atomic E-state index is 15.4. The smallest absolute Gasteiger partial charge is 0.387 e. The number of rotatable bonds is 4. The normalized spacial score (nSPS) is 18.1. The number of nitrogens with one attached hydrogen (secondary N) is 1. The Bertz CT molecular complexity index is 1120. The van der Waals surface area contributed by atoms with Crippen molar-refractivity contribution in [1.29, 1.82) is 5.26 Å². The van der Waals surface area contributed by atoms with Crippen molar-refractivity contribution in [2.45, 2.75) is 25.5 Å². The molecule has 5 rings (SSSR count). The summed E-state index contributed by atoms with van der Waals surface area (Å²) < 4.78 is 47.4. The van der Waals surface area contributed by atoms with Crippen LogP contribution in [-0.2, 0) is 0 Å². The summed E-state index contributed by atoms with van der Waals surface area (Å²) in [6, 6.07) is 3.22. The predicted octanol–water partition coefficient (Wildman–Crippen LogP) is 4.15. The monoisotopic (exact) mass is 448 g/mol. The third kappa shape index (κ3) is 3.11. The predicted molar refractivity (Wildman–Crippen MR) is 112 cm³/mol. The fourth-order valence-electron chi connectivity index (χ4n) is 4.30. The first-order valence-electron chi connectivity index (χ1n) is 9.94. The number of hydrogen-bond acceptors (Lipinski definition) is 7. The average Bonchev–Trinajstić information content (AvgIpc) is 3.52. The molecule has 3 heterocycles. The fourth-order valence-corrected chi connectivity index (χ4v) is 5.40. The Morgan fingerprint density at radius 2 is 2.00 bits per heavy atom. The first-order valence-corrected chi connectivity index (χ1v) is 10.8. The van der Waals surface area contributed by atoms with Crippen molar-refractivity contribution in [2.24, 2.45) is 0 Å². The molecule has 2 aromatic rings. The number of halogens is 3. The van der Waals surface area contributed by atoms with Crippen LogP contribution in [0.1, 0.15) is 28.8 Å². The van der Waals surface area contributed by atoms with Crippen LogP contribution in [0.2, 0.25) is 0 Å². The second-order valence-corrected chi connectivity index (χ2v) is 8.70. The van der Waals surface area contributed by atoms with Gasteiger partial charge in [-0.15, -0.1) is 11.3 Å². The molecule has 0 bridgehead atoms. The summed E-state index contributed by atoms with van der Waals surface area (Å²) in [5, 5.41) is 23.7. The highest BCUT2D eigenvalue weighted by Crippen LogP contribution is 2.60. The van der Waals surface area contributed by atoms with Gasteiger partial charge in [0.05, 0.1) is 11.3 Å². The Kier molecular flexibility index (Phi) is 4.75. The second kappa shape index (κ2) is 7.35. The number of aromatic hydroxyl groups is 1. The molecule has 1 saturated carbocycles. The number of nitriles is 1. The maximum atomic E-state index is 15.4. The molecule has 2 aliphatic heterocycles. The van der Waals surface area contributed by atoms with Crippen LogP contribution >= 0.6 is 11.3 Å². The Labute approximate surface area is 180 Å². The van der Waals surface area contributed by atoms with E-state index in [2.05, 4.69) is 11.9 Å². The van der Waals surface area contributed by atoms with Crippen LogP contribution in [0, 0.1) is 17.1 Å². The van der Waals surface area contributed by atoms with E-state index in [0.29, 0.717) is 42.4 Å². The first kappa shape index (κ1) is 20.0. The Morgan fingerprint density at radius 3 is 2.61 bits per heavy atom. The number of benzene rings is 1. The number of nitrogens with zero attached hydrogens (tertiary/aromatic N) is 3. The molecule has 1 aromatic carbocycles. The molecule has 6 nitrogen and oxygen atoms in total. The van der Waals surface area contributed by atoms with Gasteiger partial charge in [-0.2, -0.15) is 14.0 Å². The quantitative estimate of drug-likeness (QED) is 0.732. The van der Waals surface area contributed by atoms with E-state index in [9.17, 15) is 19.1 Å². The number of alkyl halides is 2. The number of anilines is 3. The molecule has 0 amide bonds. The van der Waals surface area contributed by atoms with Crippen LogP contribution in [0.15, 0.2) is 12.6 Å². The molecule has 10 heteroatoms. The molecule has 0 radical (unpaired) electrons. The third-order valence-corrected chi connectivity index (χ3v) is 6.87. The zero-order valence-electron chi connectivity index (χ0n) is 16.4. The van der Waals surface area contributed by atoms with Crippen LogP contribution in [0.5, 0.6) is 11.5 Å². The molecule has 1 aromatic heterocycles. The summed E-state index contributed by atoms with van der Waals surface area (Å²) in [6.07, 6.45) is 1.61. The largest absolute Gasteiger partial charge is 0.505 e. The van der Waals surface area contributed by atoms with E-state index in [1.165, 1.54) is 6.07 Å². The number of hydrogen-bond donors (Lipinski definition) is 2. The van der Waals surface area contributed by atoms with Gasteiger partial charge < -0.3 is 25.0 Å². The molecule has 2 N–H and O–H groups in total. The van der Waals surface area contributed by atoms with Crippen LogP contribution in [0.3, 0.4) is 0 Å². The van der Waals surface area contributed by atoms with Crippen LogP contribution < -0.4 is 19.9 Å². The van der Waals surface area contributed by atoms with Crippen molar-refractivity contribution in [3.63, 3.8) is 0 Å². The van der Waals surface area contributed by atoms with E-state index in [0.717, 1.165) is 24.2 Å². The van der Waals surface area contributed by atoms with Crippen molar-refractivity contribution in [2.75, 3.05) is 36.0 Å². The second-order valence-electron chi connectivity index (χ2n) is 7.70. The molecule has 3 aliphatic rings. The molecular formula is C21H19F3N4O2S. The summed E-state index contributed by atoms with van der Waals surface area (Å²) in [7, 11) is 0. The maximum Gasteiger partial charge on any atom is 0.387 e. The number of thiophene rings is 1. The molecule has 1 saturated heterocycles. The Balaban J connectivity index is 1.78. The van der Waals surface area contributed by atoms with E-state index in [4.69, 9.17) is 4.74 Å². The van der Waals surface area contributed by atoms with Crippen molar-refractivity contribution < 1.29 is 23.0 Å². The summed E-state index contributed by atoms with van der Waals surface area (Å²) in [6.45, 7) is 2.94. The van der Waals surface area contributed by atoms with Crippen LogP contribution in [0.25, 0.3) is 5.57 Å². The Hall–Kier alpha value is -2.90. The minimum absolute atomic E-state index is 0.00346. The lowest BCUT2D eigenvalue weighted by atomic mass is 9.92. The van der Waals surface area contributed by atoms with Crippen LogP contribution in [0.4, 0.5) is 29.5 Å². The molecule has 31 heavy (non-hydrogen) atoms. The van der Waals surface area contributed by atoms with Gasteiger partial charge in [-0.1, -0.05) is 6.58 Å². The van der Waals surface area contributed by atoms with Gasteiger partial charge in [-0.3, -0.25) is 0 Å². The Morgan fingerprint density at radius 1 is 1.29 bits per heavy atom. The fraction of sp³-hybridized carbons (Fsp3) is 0.381. The van der Waals surface area contributed by atoms with Gasteiger partial charge in [0, 0.05) is 37.8 Å². The lowest BCUT2D eigenvalue weighted by molar-refractivity contribution is -0.0493. The third-order valence-electron chi connectivity index (χ3n) is 5.79. The van der Waals surface area contributed by atoms with Crippen molar-refractivity contribution in [1.82, 2.24) is 5.32 Å². The van der Waals surface area contributed by atoms with Gasteiger partial charge in [0.1, 0.15) is 21.6 Å². The zero-order valence-corrected chi connectivity index (χ0v) is 17.2. The van der Waals surface area contributed by atoms with Crippen molar-refractivity contribution in [3.8, 4) is 17.6 Å². The highest BCUT2D eigenvalue weighted by Gasteiger charge is 2.43. The van der Waals surface area contributed by atoms with E-state index in [-0.39, 0.29) is 39.2 Å². The van der Waals surface area contributed by atoms with E-state index in [1.807, 2.05) is 11.0 Å². The molecule has 0 atom stereocenters. The standard InChI is InChI=1S/C21H19F3N4O2S/c1-10-12-8-13(22)17(27-6-4-26-5-7-27)19(30-21(23)24)16(12)28(11-2-3-11)20-15(10)18(29)14(9-25)31-20/h8,11,21,26,29H,1-7H2. The van der Waals surface area contributed by atoms with E-state index in [1.54, 1.807) is 4.90 Å². The molecule has 0 spiro atoms. The number of ether oxygens (including phenoxy) is 1. The zero-order chi connectivity index (χ0) is 21.9. The van der Waals surface area contributed by atoms with Gasteiger partial charge in [0.15, 0.2) is 17.3 Å². The van der Waals surface area contributed by atoms with Crippen molar-refractivity contribution >= 4 is 33.3 Å². The minimum atomic E-state index is -3.14. The highest BCUT2D eigenvalue weighted by molar-refractivity contribution is 7.17. The van der Waals surface area contributed by atoms with Gasteiger partial charge in [-0.25, -0.2) is 4.39 Å².